The van der Waals surface area contributed by atoms with Gasteiger partial charge in [-0.1, -0.05) is 40.9 Å². The molecule has 0 saturated heterocycles. The lowest BCUT2D eigenvalue weighted by atomic mass is 10.0. The highest BCUT2D eigenvalue weighted by molar-refractivity contribution is 6.43. The summed E-state index contributed by atoms with van der Waals surface area (Å²) in [7, 11) is 1.34. The Morgan fingerprint density at radius 1 is 1.10 bits per heavy atom. The maximum absolute atomic E-state index is 13.9. The Morgan fingerprint density at radius 3 is 2.25 bits per heavy atom. The van der Waals surface area contributed by atoms with Gasteiger partial charge in [0.15, 0.2) is 0 Å². The number of ether oxygens (including phenoxy) is 1. The summed E-state index contributed by atoms with van der Waals surface area (Å²) in [5.41, 5.74) is -0.234. The second-order valence-electron chi connectivity index (χ2n) is 3.89. The number of carbonyl (C=O) groups is 1. The second kappa shape index (κ2) is 6.00. The second-order valence-corrected chi connectivity index (χ2v) is 5.14. The van der Waals surface area contributed by atoms with Crippen LogP contribution in [0, 0.1) is 5.82 Å². The molecule has 0 unspecified atom stereocenters. The third kappa shape index (κ3) is 2.75. The van der Waals surface area contributed by atoms with Crippen LogP contribution in [0.2, 0.25) is 15.1 Å². The van der Waals surface area contributed by atoms with Gasteiger partial charge in [0, 0.05) is 5.02 Å². The summed E-state index contributed by atoms with van der Waals surface area (Å²) in [6.07, 6.45) is 0. The molecule has 0 heterocycles. The Kier molecular flexibility index (Phi) is 4.53. The van der Waals surface area contributed by atoms with Crippen LogP contribution in [0.15, 0.2) is 30.3 Å². The first-order chi connectivity index (χ1) is 9.45. The van der Waals surface area contributed by atoms with Crippen molar-refractivity contribution < 1.29 is 13.9 Å². The fraction of sp³-hybridized carbons (Fsp3) is 0.0714. The molecule has 6 heteroatoms. The molecule has 0 aromatic heterocycles. The van der Waals surface area contributed by atoms with Gasteiger partial charge >= 0.3 is 0 Å². The Labute approximate surface area is 130 Å². The molecule has 0 N–H and O–H groups in total. The number of hydrogen-bond acceptors (Lipinski definition) is 2. The molecule has 2 rings (SSSR count). The third-order valence-corrected chi connectivity index (χ3v) is 3.47. The molecule has 0 bridgehead atoms. The predicted molar refractivity (Wildman–Crippen MR) is 77.9 cm³/mol. The summed E-state index contributed by atoms with van der Waals surface area (Å²) in [4.78, 5) is 12.5. The molecule has 0 aliphatic carbocycles. The largest absolute Gasteiger partial charge is 0.496 e. The van der Waals surface area contributed by atoms with E-state index in [2.05, 4.69) is 0 Å². The quantitative estimate of drug-likeness (QED) is 0.737. The highest BCUT2D eigenvalue weighted by Gasteiger charge is 2.24. The molecule has 0 spiro atoms. The van der Waals surface area contributed by atoms with E-state index in [1.807, 2.05) is 0 Å². The van der Waals surface area contributed by atoms with Crippen molar-refractivity contribution in [2.24, 2.45) is 0 Å². The number of methoxy groups -OCH3 is 1. The number of rotatable bonds is 3. The molecule has 0 amide bonds. The van der Waals surface area contributed by atoms with E-state index in [-0.39, 0.29) is 31.9 Å². The van der Waals surface area contributed by atoms with Gasteiger partial charge in [0.2, 0.25) is 5.78 Å². The van der Waals surface area contributed by atoms with Crippen molar-refractivity contribution in [2.45, 2.75) is 0 Å². The van der Waals surface area contributed by atoms with E-state index in [4.69, 9.17) is 39.5 Å². The van der Waals surface area contributed by atoms with Crippen LogP contribution in [-0.2, 0) is 0 Å². The maximum Gasteiger partial charge on any atom is 0.202 e. The zero-order chi connectivity index (χ0) is 14.9. The van der Waals surface area contributed by atoms with Crippen molar-refractivity contribution in [1.82, 2.24) is 0 Å². The first-order valence-corrected chi connectivity index (χ1v) is 6.61. The Bertz CT molecular complexity index is 663. The Morgan fingerprint density at radius 2 is 1.70 bits per heavy atom. The Hall–Kier alpha value is -1.29. The van der Waals surface area contributed by atoms with Gasteiger partial charge in [-0.2, -0.15) is 0 Å². The first kappa shape index (κ1) is 15.1. The van der Waals surface area contributed by atoms with Gasteiger partial charge in [0.25, 0.3) is 0 Å². The van der Waals surface area contributed by atoms with Crippen molar-refractivity contribution in [3.63, 3.8) is 0 Å². The average molecular weight is 334 g/mol. The van der Waals surface area contributed by atoms with Crippen LogP contribution in [0.5, 0.6) is 5.75 Å². The van der Waals surface area contributed by atoms with Crippen LogP contribution in [0.1, 0.15) is 15.9 Å². The molecular weight excluding hydrogens is 326 g/mol. The molecule has 104 valence electrons. The van der Waals surface area contributed by atoms with E-state index in [0.29, 0.717) is 0 Å². The van der Waals surface area contributed by atoms with Crippen LogP contribution < -0.4 is 4.74 Å². The SMILES string of the molecule is COc1cccc(F)c1C(=O)c1c(Cl)cc(Cl)cc1Cl. The van der Waals surface area contributed by atoms with Crippen molar-refractivity contribution in [2.75, 3.05) is 7.11 Å². The zero-order valence-corrected chi connectivity index (χ0v) is 12.5. The van der Waals surface area contributed by atoms with Crippen molar-refractivity contribution in [1.29, 1.82) is 0 Å². The minimum absolute atomic E-state index is 0.0128. The maximum atomic E-state index is 13.9. The van der Waals surface area contributed by atoms with Crippen LogP contribution >= 0.6 is 34.8 Å². The molecule has 2 aromatic rings. The van der Waals surface area contributed by atoms with Crippen molar-refractivity contribution >= 4 is 40.6 Å². The van der Waals surface area contributed by atoms with Gasteiger partial charge in [-0.05, 0) is 24.3 Å². The number of ketones is 1. The number of halogens is 4. The number of benzene rings is 2. The fourth-order valence-corrected chi connectivity index (χ4v) is 2.77. The van der Waals surface area contributed by atoms with E-state index < -0.39 is 11.6 Å². The lowest BCUT2D eigenvalue weighted by molar-refractivity contribution is 0.103. The number of hydrogen-bond donors (Lipinski definition) is 0. The topological polar surface area (TPSA) is 26.3 Å². The van der Waals surface area contributed by atoms with Gasteiger partial charge in [0.05, 0.1) is 22.7 Å². The number of carbonyl (C=O) groups excluding carboxylic acids is 1. The van der Waals surface area contributed by atoms with E-state index in [1.165, 1.54) is 31.4 Å². The zero-order valence-electron chi connectivity index (χ0n) is 10.2. The lowest BCUT2D eigenvalue weighted by Crippen LogP contribution is -2.08. The molecular formula is C14H8Cl3FO2. The van der Waals surface area contributed by atoms with Crippen molar-refractivity contribution in [3.8, 4) is 5.75 Å². The van der Waals surface area contributed by atoms with Crippen LogP contribution in [0.25, 0.3) is 0 Å². The monoisotopic (exact) mass is 332 g/mol. The summed E-state index contributed by atoms with van der Waals surface area (Å²) in [6.45, 7) is 0. The van der Waals surface area contributed by atoms with E-state index in [9.17, 15) is 9.18 Å². The average Bonchev–Trinajstić information content (AvgIpc) is 2.36. The molecule has 2 aromatic carbocycles. The molecule has 0 aliphatic heterocycles. The van der Waals surface area contributed by atoms with Gasteiger partial charge < -0.3 is 4.74 Å². The first-order valence-electron chi connectivity index (χ1n) is 5.47. The minimum Gasteiger partial charge on any atom is -0.496 e. The van der Waals surface area contributed by atoms with E-state index in [1.54, 1.807) is 0 Å². The van der Waals surface area contributed by atoms with Crippen LogP contribution in [0.3, 0.4) is 0 Å². The fourth-order valence-electron chi connectivity index (χ4n) is 1.78. The minimum atomic E-state index is -0.712. The van der Waals surface area contributed by atoms with Crippen LogP contribution in [0.4, 0.5) is 4.39 Å². The lowest BCUT2D eigenvalue weighted by Gasteiger charge is -2.11. The van der Waals surface area contributed by atoms with E-state index in [0.717, 1.165) is 6.07 Å². The molecule has 0 aliphatic rings. The summed E-state index contributed by atoms with van der Waals surface area (Å²) >= 11 is 17.7. The van der Waals surface area contributed by atoms with Crippen molar-refractivity contribution in [3.05, 3.63) is 62.3 Å². The molecule has 2 nitrogen and oxygen atoms in total. The van der Waals surface area contributed by atoms with Gasteiger partial charge in [-0.3, -0.25) is 4.79 Å². The van der Waals surface area contributed by atoms with Gasteiger partial charge in [0.1, 0.15) is 17.1 Å². The normalized spacial score (nSPS) is 10.4. The Balaban J connectivity index is 2.64. The summed E-state index contributed by atoms with van der Waals surface area (Å²) in [5, 5.41) is 0.396. The third-order valence-electron chi connectivity index (χ3n) is 2.66. The molecule has 20 heavy (non-hydrogen) atoms. The molecule has 0 saturated carbocycles. The molecule has 0 fully saturated rings. The van der Waals surface area contributed by atoms with Gasteiger partial charge in [-0.15, -0.1) is 0 Å². The highest BCUT2D eigenvalue weighted by atomic mass is 35.5. The smallest absolute Gasteiger partial charge is 0.202 e. The standard InChI is InChI=1S/C14H8Cl3FO2/c1-20-11-4-2-3-10(18)13(11)14(19)12-8(16)5-7(15)6-9(12)17/h2-6H,1H3. The summed E-state index contributed by atoms with van der Waals surface area (Å²) in [6, 6.07) is 6.82. The molecule has 0 radical (unpaired) electrons. The summed E-state index contributed by atoms with van der Waals surface area (Å²) in [5.74, 6) is -1.26. The predicted octanol–water partition coefficient (Wildman–Crippen LogP) is 5.03. The van der Waals surface area contributed by atoms with Gasteiger partial charge in [-0.25, -0.2) is 4.39 Å². The highest BCUT2D eigenvalue weighted by Crippen LogP contribution is 2.33. The van der Waals surface area contributed by atoms with E-state index >= 15 is 0 Å². The summed E-state index contributed by atoms with van der Waals surface area (Å²) < 4.78 is 18.9. The van der Waals surface area contributed by atoms with Crippen LogP contribution in [-0.4, -0.2) is 12.9 Å². The molecule has 0 atom stereocenters.